The van der Waals surface area contributed by atoms with Crippen molar-refractivity contribution >= 4 is 5.69 Å². The Bertz CT molecular complexity index is 596. The van der Waals surface area contributed by atoms with E-state index in [0.29, 0.717) is 11.4 Å². The lowest BCUT2D eigenvalue weighted by atomic mass is 10.2. The molecule has 8 nitrogen and oxygen atoms in total. The quantitative estimate of drug-likeness (QED) is 0.632. The van der Waals surface area contributed by atoms with E-state index in [4.69, 9.17) is 9.84 Å². The van der Waals surface area contributed by atoms with Crippen LogP contribution in [0.4, 0.5) is 5.69 Å². The maximum absolute atomic E-state index is 10.9. The van der Waals surface area contributed by atoms with Gasteiger partial charge in [0.15, 0.2) is 11.6 Å². The second-order valence-corrected chi connectivity index (χ2v) is 3.86. The minimum atomic E-state index is -0.550. The second kappa shape index (κ2) is 5.44. The molecule has 19 heavy (non-hydrogen) atoms. The van der Waals surface area contributed by atoms with Gasteiger partial charge in [0.05, 0.1) is 11.5 Å². The molecule has 2 rings (SSSR count). The Morgan fingerprint density at radius 3 is 2.89 bits per heavy atom. The van der Waals surface area contributed by atoms with Crippen molar-refractivity contribution in [1.29, 1.82) is 0 Å². The van der Waals surface area contributed by atoms with Crippen LogP contribution in [-0.2, 0) is 20.3 Å². The summed E-state index contributed by atoms with van der Waals surface area (Å²) in [7, 11) is 1.75. The van der Waals surface area contributed by atoms with Crippen molar-refractivity contribution in [3.05, 3.63) is 46.0 Å². The summed E-state index contributed by atoms with van der Waals surface area (Å²) < 4.78 is 7.04. The number of nitro benzene ring substituents is 1. The fourth-order valence-corrected chi connectivity index (χ4v) is 1.51. The number of aliphatic hydroxyl groups excluding tert-OH is 1. The number of nitrogens with zero attached hydrogens (tertiary/aromatic N) is 4. The van der Waals surface area contributed by atoms with Crippen molar-refractivity contribution < 1.29 is 14.8 Å². The summed E-state index contributed by atoms with van der Waals surface area (Å²) in [6.45, 7) is -0.180. The molecule has 0 atom stereocenters. The number of aliphatic hydroxyl groups is 1. The van der Waals surface area contributed by atoms with Gasteiger partial charge in [0.1, 0.15) is 12.9 Å². The molecule has 0 amide bonds. The van der Waals surface area contributed by atoms with E-state index in [1.165, 1.54) is 18.5 Å². The van der Waals surface area contributed by atoms with Crippen LogP contribution in [0.25, 0.3) is 0 Å². The fraction of sp³-hybridized carbons (Fsp3) is 0.273. The predicted octanol–water partition coefficient (Wildman–Crippen LogP) is 0.795. The topological polar surface area (TPSA) is 103 Å². The lowest BCUT2D eigenvalue weighted by Crippen LogP contribution is -2.04. The summed E-state index contributed by atoms with van der Waals surface area (Å²) in [5, 5.41) is 27.4. The van der Waals surface area contributed by atoms with E-state index in [-0.39, 0.29) is 24.7 Å². The molecule has 8 heteroatoms. The Labute approximate surface area is 108 Å². The first kappa shape index (κ1) is 13.0. The van der Waals surface area contributed by atoms with Crippen molar-refractivity contribution in [3.63, 3.8) is 0 Å². The van der Waals surface area contributed by atoms with Crippen molar-refractivity contribution in [2.24, 2.45) is 7.05 Å². The third kappa shape index (κ3) is 2.86. The van der Waals surface area contributed by atoms with Gasteiger partial charge in [-0.15, -0.1) is 10.2 Å². The van der Waals surface area contributed by atoms with Gasteiger partial charge >= 0.3 is 5.69 Å². The van der Waals surface area contributed by atoms with E-state index < -0.39 is 4.92 Å². The van der Waals surface area contributed by atoms with Crippen molar-refractivity contribution in [1.82, 2.24) is 14.8 Å². The Hall–Kier alpha value is -2.48. The Kier molecular flexibility index (Phi) is 3.71. The van der Waals surface area contributed by atoms with E-state index in [0.717, 1.165) is 0 Å². The van der Waals surface area contributed by atoms with E-state index in [9.17, 15) is 10.1 Å². The van der Waals surface area contributed by atoms with Crippen LogP contribution >= 0.6 is 0 Å². The maximum Gasteiger partial charge on any atom is 0.311 e. The van der Waals surface area contributed by atoms with Crippen LogP contribution in [0.1, 0.15) is 11.4 Å². The van der Waals surface area contributed by atoms with Crippen molar-refractivity contribution in [2.75, 3.05) is 0 Å². The van der Waals surface area contributed by atoms with Crippen LogP contribution in [0.5, 0.6) is 5.75 Å². The maximum atomic E-state index is 10.9. The second-order valence-electron chi connectivity index (χ2n) is 3.86. The molecule has 0 aliphatic carbocycles. The number of hydrogen-bond donors (Lipinski definition) is 1. The van der Waals surface area contributed by atoms with Gasteiger partial charge in [-0.05, 0) is 11.6 Å². The third-order valence-corrected chi connectivity index (χ3v) is 2.56. The van der Waals surface area contributed by atoms with E-state index >= 15 is 0 Å². The molecule has 0 fully saturated rings. The first-order valence-electron chi connectivity index (χ1n) is 5.45. The molecular formula is C11H12N4O4. The molecule has 1 N–H and O–H groups in total. The molecule has 0 saturated heterocycles. The summed E-state index contributed by atoms with van der Waals surface area (Å²) in [6.07, 6.45) is 1.52. The highest BCUT2D eigenvalue weighted by Gasteiger charge is 2.16. The molecule has 2 aromatic rings. The molecule has 0 aliphatic rings. The van der Waals surface area contributed by atoms with Crippen LogP contribution < -0.4 is 4.74 Å². The summed E-state index contributed by atoms with van der Waals surface area (Å²) in [5.74, 6) is 0.686. The smallest absolute Gasteiger partial charge is 0.311 e. The number of hydrogen-bond acceptors (Lipinski definition) is 6. The monoisotopic (exact) mass is 264 g/mol. The van der Waals surface area contributed by atoms with Crippen LogP contribution in [0.2, 0.25) is 0 Å². The molecule has 0 spiro atoms. The largest absolute Gasteiger partial charge is 0.479 e. The van der Waals surface area contributed by atoms with Gasteiger partial charge in [0, 0.05) is 13.1 Å². The van der Waals surface area contributed by atoms with E-state index in [2.05, 4.69) is 10.2 Å². The highest BCUT2D eigenvalue weighted by atomic mass is 16.6. The normalized spacial score (nSPS) is 10.4. The molecule has 100 valence electrons. The first-order chi connectivity index (χ1) is 9.11. The fourth-order valence-electron chi connectivity index (χ4n) is 1.51. The van der Waals surface area contributed by atoms with E-state index in [1.54, 1.807) is 17.7 Å². The molecule has 1 aromatic heterocycles. The van der Waals surface area contributed by atoms with Crippen LogP contribution in [0.15, 0.2) is 24.5 Å². The van der Waals surface area contributed by atoms with Crippen LogP contribution in [0, 0.1) is 10.1 Å². The lowest BCUT2D eigenvalue weighted by Gasteiger charge is -2.07. The lowest BCUT2D eigenvalue weighted by molar-refractivity contribution is -0.386. The average molecular weight is 264 g/mol. The first-order valence-corrected chi connectivity index (χ1v) is 5.45. The van der Waals surface area contributed by atoms with Crippen LogP contribution in [0.3, 0.4) is 0 Å². The number of ether oxygens (including phenoxy) is 1. The molecule has 1 heterocycles. The van der Waals surface area contributed by atoms with E-state index in [1.807, 2.05) is 0 Å². The van der Waals surface area contributed by atoms with Crippen LogP contribution in [-0.4, -0.2) is 24.8 Å². The Morgan fingerprint density at radius 1 is 1.53 bits per heavy atom. The highest BCUT2D eigenvalue weighted by Crippen LogP contribution is 2.28. The molecule has 0 radical (unpaired) electrons. The zero-order valence-electron chi connectivity index (χ0n) is 10.2. The molecule has 0 bridgehead atoms. The summed E-state index contributed by atoms with van der Waals surface area (Å²) in [5.41, 5.74) is 0.270. The summed E-state index contributed by atoms with van der Waals surface area (Å²) >= 11 is 0. The molecular weight excluding hydrogens is 252 g/mol. The number of benzene rings is 1. The SMILES string of the molecule is Cn1cnnc1COc1ccc(CO)cc1[N+](=O)[O-]. The third-order valence-electron chi connectivity index (χ3n) is 2.56. The van der Waals surface area contributed by atoms with Gasteiger partial charge in [-0.1, -0.05) is 6.07 Å². The number of rotatable bonds is 5. The van der Waals surface area contributed by atoms with Gasteiger partial charge in [0.25, 0.3) is 0 Å². The Morgan fingerprint density at radius 2 is 2.32 bits per heavy atom. The van der Waals surface area contributed by atoms with Gasteiger partial charge in [-0.25, -0.2) is 0 Å². The zero-order valence-corrected chi connectivity index (χ0v) is 10.2. The zero-order chi connectivity index (χ0) is 13.8. The highest BCUT2D eigenvalue weighted by molar-refractivity contribution is 5.48. The van der Waals surface area contributed by atoms with Gasteiger partial charge in [0.2, 0.25) is 0 Å². The predicted molar refractivity (Wildman–Crippen MR) is 64.4 cm³/mol. The van der Waals surface area contributed by atoms with Crippen molar-refractivity contribution in [2.45, 2.75) is 13.2 Å². The summed E-state index contributed by atoms with van der Waals surface area (Å²) in [6, 6.07) is 4.31. The summed E-state index contributed by atoms with van der Waals surface area (Å²) in [4.78, 5) is 10.4. The van der Waals surface area contributed by atoms with Gasteiger partial charge in [-0.2, -0.15) is 0 Å². The number of aromatic nitrogens is 3. The molecule has 1 aromatic carbocycles. The molecule has 0 unspecified atom stereocenters. The van der Waals surface area contributed by atoms with Crippen molar-refractivity contribution in [3.8, 4) is 5.75 Å². The average Bonchev–Trinajstić information content (AvgIpc) is 2.81. The minimum Gasteiger partial charge on any atom is -0.479 e. The number of aryl methyl sites for hydroxylation is 1. The number of nitro groups is 1. The molecule has 0 saturated carbocycles. The Balaban J connectivity index is 2.20. The minimum absolute atomic E-state index is 0.0792. The molecule has 0 aliphatic heterocycles. The standard InChI is InChI=1S/C11H12N4O4/c1-14-7-12-13-11(14)6-19-10-3-2-8(5-16)4-9(10)15(17)18/h2-4,7,16H,5-6H2,1H3. The van der Waals surface area contributed by atoms with Gasteiger partial charge < -0.3 is 14.4 Å². The van der Waals surface area contributed by atoms with Gasteiger partial charge in [-0.3, -0.25) is 10.1 Å².